The van der Waals surface area contributed by atoms with Crippen molar-refractivity contribution >= 4 is 17.6 Å². The van der Waals surface area contributed by atoms with Gasteiger partial charge in [0.1, 0.15) is 5.69 Å². The largest absolute Gasteiger partial charge is 0.393 e. The fourth-order valence-electron chi connectivity index (χ4n) is 1.28. The smallest absolute Gasteiger partial charge is 0.356 e. The molecule has 0 spiro atoms. The van der Waals surface area contributed by atoms with Gasteiger partial charge in [-0.2, -0.15) is 0 Å². The third kappa shape index (κ3) is 2.98. The molecule has 1 aromatic carbocycles. The molecule has 0 aliphatic carbocycles. The summed E-state index contributed by atoms with van der Waals surface area (Å²) >= 11 is 0. The van der Waals surface area contributed by atoms with E-state index in [-0.39, 0.29) is 5.96 Å². The Labute approximate surface area is 88.9 Å². The summed E-state index contributed by atoms with van der Waals surface area (Å²) in [6, 6.07) is 9.69. The van der Waals surface area contributed by atoms with E-state index < -0.39 is 0 Å². The van der Waals surface area contributed by atoms with Crippen molar-refractivity contribution in [3.8, 4) is 0 Å². The van der Waals surface area contributed by atoms with Gasteiger partial charge in [0.25, 0.3) is 5.96 Å². The Bertz CT molecular complexity index is 376. The second-order valence-corrected chi connectivity index (χ2v) is 2.97. The lowest BCUT2D eigenvalue weighted by molar-refractivity contribution is -0.438. The van der Waals surface area contributed by atoms with Crippen LogP contribution in [0.2, 0.25) is 0 Å². The van der Waals surface area contributed by atoms with Gasteiger partial charge in [0.2, 0.25) is 0 Å². The molecule has 1 aromatic rings. The van der Waals surface area contributed by atoms with E-state index in [2.05, 4.69) is 4.99 Å². The van der Waals surface area contributed by atoms with E-state index in [1.165, 1.54) is 0 Å². The molecule has 80 valence electrons. The first kappa shape index (κ1) is 11.0. The van der Waals surface area contributed by atoms with Crippen molar-refractivity contribution in [2.75, 3.05) is 6.54 Å². The Morgan fingerprint density at radius 1 is 1.20 bits per heavy atom. The maximum Gasteiger partial charge on any atom is 0.393 e. The van der Waals surface area contributed by atoms with Gasteiger partial charge in [-0.3, -0.25) is 5.73 Å². The number of benzene rings is 1. The lowest BCUT2D eigenvalue weighted by Gasteiger charge is -2.04. The van der Waals surface area contributed by atoms with E-state index in [4.69, 9.17) is 17.2 Å². The topological polar surface area (TPSA) is 93.4 Å². The van der Waals surface area contributed by atoms with Crippen molar-refractivity contribution < 1.29 is 4.58 Å². The zero-order valence-electron chi connectivity index (χ0n) is 8.72. The zero-order valence-corrected chi connectivity index (χ0v) is 8.72. The second kappa shape index (κ2) is 4.99. The van der Waals surface area contributed by atoms with Crippen LogP contribution in [-0.2, 0) is 0 Å². The van der Waals surface area contributed by atoms with E-state index in [1.54, 1.807) is 0 Å². The summed E-state index contributed by atoms with van der Waals surface area (Å²) in [5.74, 6) is 0.255. The Morgan fingerprint density at radius 2 is 1.80 bits per heavy atom. The van der Waals surface area contributed by atoms with Gasteiger partial charge >= 0.3 is 5.96 Å². The molecule has 0 aliphatic rings. The fraction of sp³-hybridized carbons (Fsp3) is 0.200. The Balaban J connectivity index is 3.14. The molecule has 0 amide bonds. The van der Waals surface area contributed by atoms with Crippen LogP contribution in [0, 0.1) is 0 Å². The zero-order chi connectivity index (χ0) is 11.3. The number of para-hydroxylation sites is 1. The van der Waals surface area contributed by atoms with Crippen LogP contribution in [-0.4, -0.2) is 23.0 Å². The molecule has 0 heterocycles. The number of rotatable bonds is 2. The molecule has 15 heavy (non-hydrogen) atoms. The molecular weight excluding hydrogens is 190 g/mol. The monoisotopic (exact) mass is 206 g/mol. The molecule has 1 rings (SSSR count). The number of nitrogens with zero attached hydrogens (tertiary/aromatic N) is 2. The van der Waals surface area contributed by atoms with Gasteiger partial charge in [0.05, 0.1) is 6.54 Å². The van der Waals surface area contributed by atoms with Crippen LogP contribution in [0.3, 0.4) is 0 Å². The second-order valence-electron chi connectivity index (χ2n) is 2.97. The SMILES string of the molecule is CC[N+](=C(N)N=C(N)N)c1ccccc1. The van der Waals surface area contributed by atoms with Crippen LogP contribution in [0.1, 0.15) is 6.92 Å². The Morgan fingerprint density at radius 3 is 2.27 bits per heavy atom. The number of aliphatic imine (C=N–C) groups is 1. The van der Waals surface area contributed by atoms with E-state index in [0.29, 0.717) is 12.5 Å². The molecule has 5 nitrogen and oxygen atoms in total. The first-order valence-corrected chi connectivity index (χ1v) is 4.69. The van der Waals surface area contributed by atoms with Gasteiger partial charge in [-0.15, -0.1) is 0 Å². The first-order chi connectivity index (χ1) is 7.15. The van der Waals surface area contributed by atoms with Crippen LogP contribution in [0.25, 0.3) is 0 Å². The quantitative estimate of drug-likeness (QED) is 0.359. The summed E-state index contributed by atoms with van der Waals surface area (Å²) < 4.78 is 1.82. The predicted octanol–water partition coefficient (Wildman–Crippen LogP) is -0.0614. The van der Waals surface area contributed by atoms with E-state index >= 15 is 0 Å². The molecule has 0 saturated carbocycles. The maximum absolute atomic E-state index is 5.76. The Kier molecular flexibility index (Phi) is 3.68. The summed E-state index contributed by atoms with van der Waals surface area (Å²) in [7, 11) is 0. The third-order valence-corrected chi connectivity index (χ3v) is 1.90. The molecule has 5 heteroatoms. The van der Waals surface area contributed by atoms with E-state index in [0.717, 1.165) is 5.69 Å². The predicted molar refractivity (Wildman–Crippen MR) is 61.9 cm³/mol. The lowest BCUT2D eigenvalue weighted by atomic mass is 10.3. The highest BCUT2D eigenvalue weighted by Gasteiger charge is 2.08. The van der Waals surface area contributed by atoms with Crippen LogP contribution in [0.15, 0.2) is 35.3 Å². The molecule has 0 atom stereocenters. The minimum atomic E-state index is -0.0399. The van der Waals surface area contributed by atoms with Gasteiger partial charge in [0, 0.05) is 0 Å². The summed E-state index contributed by atoms with van der Waals surface area (Å²) in [5.41, 5.74) is 17.2. The first-order valence-electron chi connectivity index (χ1n) is 4.69. The van der Waals surface area contributed by atoms with Crippen molar-refractivity contribution in [1.29, 1.82) is 0 Å². The van der Waals surface area contributed by atoms with Gasteiger partial charge in [-0.1, -0.05) is 18.2 Å². The highest BCUT2D eigenvalue weighted by Crippen LogP contribution is 2.09. The van der Waals surface area contributed by atoms with Crippen molar-refractivity contribution in [2.24, 2.45) is 22.2 Å². The summed E-state index contributed by atoms with van der Waals surface area (Å²) in [4.78, 5) is 3.82. The van der Waals surface area contributed by atoms with Gasteiger partial charge < -0.3 is 11.5 Å². The minimum absolute atomic E-state index is 0.0399. The normalized spacial score (nSPS) is 11.8. The minimum Gasteiger partial charge on any atom is -0.356 e. The molecule has 0 bridgehead atoms. The van der Waals surface area contributed by atoms with Crippen molar-refractivity contribution in [3.05, 3.63) is 30.3 Å². The molecular formula is C10H16N5+. The van der Waals surface area contributed by atoms with Crippen LogP contribution < -0.4 is 17.2 Å². The van der Waals surface area contributed by atoms with Gasteiger partial charge in [-0.05, 0) is 24.0 Å². The van der Waals surface area contributed by atoms with E-state index in [1.807, 2.05) is 41.8 Å². The molecule has 0 radical (unpaired) electrons. The number of hydrogen-bond acceptors (Lipinski definition) is 0. The third-order valence-electron chi connectivity index (χ3n) is 1.90. The highest BCUT2D eigenvalue weighted by atomic mass is 15.2. The fourth-order valence-corrected chi connectivity index (χ4v) is 1.28. The molecule has 0 aliphatic heterocycles. The molecule has 0 saturated heterocycles. The Hall–Kier alpha value is -2.04. The summed E-state index contributed by atoms with van der Waals surface area (Å²) in [5, 5.41) is 0. The maximum atomic E-state index is 5.76. The van der Waals surface area contributed by atoms with Gasteiger partial charge in [-0.25, -0.2) is 4.58 Å². The van der Waals surface area contributed by atoms with Crippen molar-refractivity contribution in [1.82, 2.24) is 0 Å². The average Bonchev–Trinajstić information content (AvgIpc) is 2.19. The number of nitrogens with two attached hydrogens (primary N) is 3. The van der Waals surface area contributed by atoms with Crippen LogP contribution in [0.4, 0.5) is 5.69 Å². The molecule has 6 N–H and O–H groups in total. The average molecular weight is 206 g/mol. The summed E-state index contributed by atoms with van der Waals surface area (Å²) in [6.07, 6.45) is 0. The highest BCUT2D eigenvalue weighted by molar-refractivity contribution is 5.90. The van der Waals surface area contributed by atoms with Gasteiger partial charge in [0.15, 0.2) is 0 Å². The van der Waals surface area contributed by atoms with E-state index in [9.17, 15) is 0 Å². The standard InChI is InChI=1S/C10H15N5/c1-2-15(10(13)14-9(11)12)8-6-4-3-5-7-8/h3-7H,2H2,1H3,(H5,11,12,13,14)/p+1. The van der Waals surface area contributed by atoms with Crippen molar-refractivity contribution in [3.63, 3.8) is 0 Å². The molecule has 0 fully saturated rings. The van der Waals surface area contributed by atoms with Crippen molar-refractivity contribution in [2.45, 2.75) is 6.92 Å². The summed E-state index contributed by atoms with van der Waals surface area (Å²) in [6.45, 7) is 2.68. The number of guanidine groups is 2. The van der Waals surface area contributed by atoms with Crippen LogP contribution >= 0.6 is 0 Å². The molecule has 0 unspecified atom stereocenters. The molecule has 0 aromatic heterocycles. The lowest BCUT2D eigenvalue weighted by Crippen LogP contribution is -2.30. The number of hydrogen-bond donors (Lipinski definition) is 3. The van der Waals surface area contributed by atoms with Crippen LogP contribution in [0.5, 0.6) is 0 Å².